The maximum Gasteiger partial charge on any atom is 0.161 e. The summed E-state index contributed by atoms with van der Waals surface area (Å²) in [5.74, 6) is 1.72. The zero-order chi connectivity index (χ0) is 13.4. The Bertz CT molecular complexity index is 651. The van der Waals surface area contributed by atoms with E-state index in [4.69, 9.17) is 9.47 Å². The normalized spacial score (nSPS) is 16.2. The van der Waals surface area contributed by atoms with Crippen molar-refractivity contribution < 1.29 is 9.47 Å². The molecule has 3 nitrogen and oxygen atoms in total. The lowest BCUT2D eigenvalue weighted by Gasteiger charge is -2.10. The number of fused-ring (bicyclic) bond motifs is 2. The fraction of sp³-hybridized carbons (Fsp3) is 0.294. The van der Waals surface area contributed by atoms with E-state index < -0.39 is 0 Å². The quantitative estimate of drug-likeness (QED) is 0.858. The van der Waals surface area contributed by atoms with Crippen LogP contribution >= 0.6 is 0 Å². The first-order valence-corrected chi connectivity index (χ1v) is 7.17. The Balaban J connectivity index is 1.73. The molecule has 2 aliphatic heterocycles. The van der Waals surface area contributed by atoms with E-state index in [2.05, 4.69) is 35.6 Å². The molecule has 0 radical (unpaired) electrons. The molecule has 102 valence electrons. The topological polar surface area (TPSA) is 30.5 Å². The summed E-state index contributed by atoms with van der Waals surface area (Å²) in [6.07, 6.45) is 2.04. The smallest absolute Gasteiger partial charge is 0.161 e. The van der Waals surface area contributed by atoms with Crippen molar-refractivity contribution in [2.75, 3.05) is 25.1 Å². The molecule has 3 heteroatoms. The first-order chi connectivity index (χ1) is 9.90. The minimum atomic E-state index is 0.727. The van der Waals surface area contributed by atoms with Crippen LogP contribution in [-0.4, -0.2) is 19.8 Å². The Morgan fingerprint density at radius 1 is 0.850 bits per heavy atom. The number of ether oxygens (including phenoxy) is 2. The molecule has 2 aromatic rings. The summed E-state index contributed by atoms with van der Waals surface area (Å²) in [4.78, 5) is 0. The monoisotopic (exact) mass is 267 g/mol. The molecule has 2 aliphatic rings. The molecule has 2 heterocycles. The van der Waals surface area contributed by atoms with Gasteiger partial charge in [-0.2, -0.15) is 0 Å². The van der Waals surface area contributed by atoms with Gasteiger partial charge in [0.15, 0.2) is 11.5 Å². The van der Waals surface area contributed by atoms with Crippen LogP contribution in [0.15, 0.2) is 36.4 Å². The van der Waals surface area contributed by atoms with Crippen LogP contribution in [0, 0.1) is 0 Å². The van der Waals surface area contributed by atoms with Crippen molar-refractivity contribution >= 4 is 5.69 Å². The molecule has 0 saturated carbocycles. The van der Waals surface area contributed by atoms with Gasteiger partial charge in [-0.1, -0.05) is 12.1 Å². The zero-order valence-electron chi connectivity index (χ0n) is 11.3. The second-order valence-corrected chi connectivity index (χ2v) is 5.26. The lowest BCUT2D eigenvalue weighted by Crippen LogP contribution is -1.97. The van der Waals surface area contributed by atoms with Gasteiger partial charge in [-0.15, -0.1) is 0 Å². The molecule has 20 heavy (non-hydrogen) atoms. The van der Waals surface area contributed by atoms with Gasteiger partial charge in [0.05, 0.1) is 13.2 Å². The molecular formula is C17H17NO2. The summed E-state index contributed by atoms with van der Waals surface area (Å²) in [7, 11) is 0. The van der Waals surface area contributed by atoms with E-state index in [-0.39, 0.29) is 0 Å². The number of hydrogen-bond acceptors (Lipinski definition) is 3. The van der Waals surface area contributed by atoms with Crippen LogP contribution in [0.25, 0.3) is 11.1 Å². The van der Waals surface area contributed by atoms with Gasteiger partial charge in [0, 0.05) is 18.7 Å². The first kappa shape index (κ1) is 11.6. The zero-order valence-corrected chi connectivity index (χ0v) is 11.3. The predicted octanol–water partition coefficient (Wildman–Crippen LogP) is 3.48. The van der Waals surface area contributed by atoms with E-state index >= 15 is 0 Å². The molecule has 0 spiro atoms. The van der Waals surface area contributed by atoms with Crippen molar-refractivity contribution in [3.63, 3.8) is 0 Å². The second-order valence-electron chi connectivity index (χ2n) is 5.26. The van der Waals surface area contributed by atoms with Crippen LogP contribution < -0.4 is 14.8 Å². The number of hydrogen-bond donors (Lipinski definition) is 1. The standard InChI is InChI=1S/C17H17NO2/c1-8-19-16-5-3-13(11-17(16)20-9-1)12-2-4-15-14(10-12)6-7-18-15/h2-5,10-11,18H,1,6-9H2. The highest BCUT2D eigenvalue weighted by atomic mass is 16.5. The molecule has 1 N–H and O–H groups in total. The number of benzene rings is 2. The molecule has 4 rings (SSSR count). The SMILES string of the molecule is c1cc2c(cc1-c1ccc3c(c1)OCCCO3)CCN2. The molecule has 0 unspecified atom stereocenters. The molecule has 0 aromatic heterocycles. The van der Waals surface area contributed by atoms with Gasteiger partial charge in [-0.05, 0) is 47.4 Å². The summed E-state index contributed by atoms with van der Waals surface area (Å²) in [5.41, 5.74) is 5.09. The van der Waals surface area contributed by atoms with Crippen LogP contribution in [-0.2, 0) is 6.42 Å². The molecule has 0 bridgehead atoms. The van der Waals surface area contributed by atoms with E-state index in [1.54, 1.807) is 0 Å². The van der Waals surface area contributed by atoms with Gasteiger partial charge >= 0.3 is 0 Å². The van der Waals surface area contributed by atoms with Crippen molar-refractivity contribution in [2.24, 2.45) is 0 Å². The van der Waals surface area contributed by atoms with Gasteiger partial charge in [0.25, 0.3) is 0 Å². The largest absolute Gasteiger partial charge is 0.490 e. The minimum absolute atomic E-state index is 0.727. The van der Waals surface area contributed by atoms with Crippen molar-refractivity contribution in [3.05, 3.63) is 42.0 Å². The highest BCUT2D eigenvalue weighted by Gasteiger charge is 2.14. The van der Waals surface area contributed by atoms with Gasteiger partial charge in [0.2, 0.25) is 0 Å². The van der Waals surface area contributed by atoms with Gasteiger partial charge < -0.3 is 14.8 Å². The number of anilines is 1. The van der Waals surface area contributed by atoms with Crippen molar-refractivity contribution in [3.8, 4) is 22.6 Å². The Morgan fingerprint density at radius 2 is 1.65 bits per heavy atom. The van der Waals surface area contributed by atoms with Gasteiger partial charge in [0.1, 0.15) is 0 Å². The lowest BCUT2D eigenvalue weighted by molar-refractivity contribution is 0.297. The third-order valence-corrected chi connectivity index (χ3v) is 3.90. The van der Waals surface area contributed by atoms with Crippen LogP contribution in [0.2, 0.25) is 0 Å². The van der Waals surface area contributed by atoms with Gasteiger partial charge in [-0.3, -0.25) is 0 Å². The summed E-state index contributed by atoms with van der Waals surface area (Å²) in [6, 6.07) is 12.8. The Morgan fingerprint density at radius 3 is 2.60 bits per heavy atom. The van der Waals surface area contributed by atoms with E-state index in [0.717, 1.165) is 44.1 Å². The van der Waals surface area contributed by atoms with Crippen molar-refractivity contribution in [1.29, 1.82) is 0 Å². The molecular weight excluding hydrogens is 250 g/mol. The summed E-state index contributed by atoms with van der Waals surface area (Å²) in [6.45, 7) is 2.50. The number of nitrogens with one attached hydrogen (secondary N) is 1. The Hall–Kier alpha value is -2.16. The average molecular weight is 267 g/mol. The molecule has 0 atom stereocenters. The molecule has 0 fully saturated rings. The Labute approximate surface area is 118 Å². The minimum Gasteiger partial charge on any atom is -0.490 e. The number of rotatable bonds is 1. The summed E-state index contributed by atoms with van der Waals surface area (Å²) < 4.78 is 11.4. The highest BCUT2D eigenvalue weighted by molar-refractivity contribution is 5.72. The highest BCUT2D eigenvalue weighted by Crippen LogP contribution is 2.35. The summed E-state index contributed by atoms with van der Waals surface area (Å²) in [5, 5.41) is 3.39. The van der Waals surface area contributed by atoms with Crippen molar-refractivity contribution in [2.45, 2.75) is 12.8 Å². The second kappa shape index (κ2) is 4.75. The van der Waals surface area contributed by atoms with Crippen LogP contribution in [0.3, 0.4) is 0 Å². The van der Waals surface area contributed by atoms with E-state index in [1.165, 1.54) is 22.4 Å². The third-order valence-electron chi connectivity index (χ3n) is 3.90. The lowest BCUT2D eigenvalue weighted by atomic mass is 10.0. The molecule has 0 amide bonds. The van der Waals surface area contributed by atoms with Crippen molar-refractivity contribution in [1.82, 2.24) is 0 Å². The van der Waals surface area contributed by atoms with Crippen LogP contribution in [0.4, 0.5) is 5.69 Å². The fourth-order valence-electron chi connectivity index (χ4n) is 2.83. The molecule has 2 aromatic carbocycles. The van der Waals surface area contributed by atoms with Gasteiger partial charge in [-0.25, -0.2) is 0 Å². The van der Waals surface area contributed by atoms with E-state index in [0.29, 0.717) is 0 Å². The summed E-state index contributed by atoms with van der Waals surface area (Å²) >= 11 is 0. The Kier molecular flexibility index (Phi) is 2.76. The fourth-order valence-corrected chi connectivity index (χ4v) is 2.83. The molecule has 0 saturated heterocycles. The first-order valence-electron chi connectivity index (χ1n) is 7.17. The maximum atomic E-state index is 5.77. The predicted molar refractivity (Wildman–Crippen MR) is 79.7 cm³/mol. The average Bonchev–Trinajstić information content (AvgIpc) is 2.83. The van der Waals surface area contributed by atoms with E-state index in [1.807, 2.05) is 6.07 Å². The maximum absolute atomic E-state index is 5.77. The van der Waals surface area contributed by atoms with Crippen LogP contribution in [0.1, 0.15) is 12.0 Å². The van der Waals surface area contributed by atoms with E-state index in [9.17, 15) is 0 Å². The molecule has 0 aliphatic carbocycles. The third kappa shape index (κ3) is 1.99. The van der Waals surface area contributed by atoms with Crippen LogP contribution in [0.5, 0.6) is 11.5 Å².